The third kappa shape index (κ3) is 2.69. The summed E-state index contributed by atoms with van der Waals surface area (Å²) in [6, 6.07) is 2.46. The second-order valence-electron chi connectivity index (χ2n) is 2.97. The molecule has 1 aromatic carbocycles. The normalized spacial score (nSPS) is 10.1. The molecule has 0 amide bonds. The van der Waals surface area contributed by atoms with Gasteiger partial charge in [-0.25, -0.2) is 4.39 Å². The average Bonchev–Trinajstić information content (AvgIpc) is 2.22. The summed E-state index contributed by atoms with van der Waals surface area (Å²) < 4.78 is 18.3. The van der Waals surface area contributed by atoms with Crippen molar-refractivity contribution < 1.29 is 13.9 Å². The zero-order valence-electron chi connectivity index (χ0n) is 8.64. The van der Waals surface area contributed by atoms with Gasteiger partial charge in [-0.3, -0.25) is 4.79 Å². The molecule has 4 heteroatoms. The van der Waals surface area contributed by atoms with Crippen LogP contribution in [0.1, 0.15) is 30.6 Å². The van der Waals surface area contributed by atoms with Crippen LogP contribution in [0.2, 0.25) is 5.02 Å². The van der Waals surface area contributed by atoms with Gasteiger partial charge in [-0.2, -0.15) is 0 Å². The summed E-state index contributed by atoms with van der Waals surface area (Å²) in [5, 5.41) is -0.0600. The molecule has 0 saturated carbocycles. The second-order valence-corrected chi connectivity index (χ2v) is 3.38. The molecule has 0 radical (unpaired) electrons. The topological polar surface area (TPSA) is 26.3 Å². The maximum absolute atomic E-state index is 13.1. The Hall–Kier alpha value is -1.09. The molecule has 0 unspecified atom stereocenters. The molecular formula is C11H12ClFO2. The summed E-state index contributed by atoms with van der Waals surface area (Å²) in [5.74, 6) is -0.431. The lowest BCUT2D eigenvalue weighted by Crippen LogP contribution is -2.03. The molecular weight excluding hydrogens is 219 g/mol. The molecule has 1 rings (SSSR count). The summed E-state index contributed by atoms with van der Waals surface area (Å²) in [5.41, 5.74) is 0.339. The molecule has 0 aliphatic carbocycles. The van der Waals surface area contributed by atoms with E-state index in [1.807, 2.05) is 0 Å². The lowest BCUT2D eigenvalue weighted by atomic mass is 10.1. The van der Waals surface area contributed by atoms with Gasteiger partial charge in [0.2, 0.25) is 0 Å². The van der Waals surface area contributed by atoms with Crippen molar-refractivity contribution in [3.8, 4) is 5.75 Å². The first-order valence-electron chi connectivity index (χ1n) is 4.75. The predicted octanol–water partition coefficient (Wildman–Crippen LogP) is 3.47. The largest absolute Gasteiger partial charge is 0.493 e. The molecule has 0 atom stereocenters. The maximum atomic E-state index is 13.1. The van der Waals surface area contributed by atoms with Crippen LogP contribution in [0.15, 0.2) is 12.1 Å². The molecule has 15 heavy (non-hydrogen) atoms. The van der Waals surface area contributed by atoms with Gasteiger partial charge in [-0.05, 0) is 13.0 Å². The molecule has 0 aliphatic heterocycles. The lowest BCUT2D eigenvalue weighted by molar-refractivity contribution is 0.0984. The van der Waals surface area contributed by atoms with Gasteiger partial charge in [0, 0.05) is 12.5 Å². The maximum Gasteiger partial charge on any atom is 0.166 e. The molecule has 0 aliphatic rings. The fraction of sp³-hybridized carbons (Fsp3) is 0.364. The zero-order chi connectivity index (χ0) is 11.4. The van der Waals surface area contributed by atoms with E-state index in [4.69, 9.17) is 16.3 Å². The number of benzene rings is 1. The molecule has 2 nitrogen and oxygen atoms in total. The lowest BCUT2D eigenvalue weighted by Gasteiger charge is -2.09. The summed E-state index contributed by atoms with van der Waals surface area (Å²) in [6.45, 7) is 3.88. The van der Waals surface area contributed by atoms with E-state index in [1.54, 1.807) is 13.8 Å². The number of rotatable bonds is 4. The smallest absolute Gasteiger partial charge is 0.166 e. The van der Waals surface area contributed by atoms with E-state index in [2.05, 4.69) is 0 Å². The first kappa shape index (κ1) is 12.0. The van der Waals surface area contributed by atoms with Crippen molar-refractivity contribution in [3.05, 3.63) is 28.5 Å². The third-order valence-electron chi connectivity index (χ3n) is 1.94. The standard InChI is InChI=1S/C11H12ClFO2/c1-3-10(14)7-5-8(12)9(13)6-11(7)15-4-2/h5-6H,3-4H2,1-2H3. The van der Waals surface area contributed by atoms with Crippen LogP contribution in [0.3, 0.4) is 0 Å². The van der Waals surface area contributed by atoms with Gasteiger partial charge in [0.05, 0.1) is 17.2 Å². The van der Waals surface area contributed by atoms with Crippen LogP contribution in [0.25, 0.3) is 0 Å². The Kier molecular flexibility index (Phi) is 4.09. The van der Waals surface area contributed by atoms with Crippen LogP contribution in [-0.2, 0) is 0 Å². The first-order chi connectivity index (χ1) is 7.10. The number of ketones is 1. The van der Waals surface area contributed by atoms with E-state index in [0.29, 0.717) is 18.6 Å². The quantitative estimate of drug-likeness (QED) is 0.741. The summed E-state index contributed by atoms with van der Waals surface area (Å²) >= 11 is 5.60. The number of hydrogen-bond acceptors (Lipinski definition) is 2. The van der Waals surface area contributed by atoms with Crippen molar-refractivity contribution in [3.63, 3.8) is 0 Å². The highest BCUT2D eigenvalue weighted by molar-refractivity contribution is 6.31. The zero-order valence-corrected chi connectivity index (χ0v) is 9.40. The molecule has 0 bridgehead atoms. The number of hydrogen-bond donors (Lipinski definition) is 0. The van der Waals surface area contributed by atoms with Crippen LogP contribution in [0.4, 0.5) is 4.39 Å². The molecule has 0 spiro atoms. The minimum atomic E-state index is -0.576. The van der Waals surface area contributed by atoms with Crippen LogP contribution < -0.4 is 4.74 Å². The summed E-state index contributed by atoms with van der Waals surface area (Å²) in [6.07, 6.45) is 0.335. The Bertz CT molecular complexity index is 377. The van der Waals surface area contributed by atoms with E-state index in [-0.39, 0.29) is 16.6 Å². The average molecular weight is 231 g/mol. The minimum absolute atomic E-state index is 0.0600. The fourth-order valence-electron chi connectivity index (χ4n) is 1.21. The van der Waals surface area contributed by atoms with E-state index >= 15 is 0 Å². The minimum Gasteiger partial charge on any atom is -0.493 e. The van der Waals surface area contributed by atoms with Crippen molar-refractivity contribution in [1.29, 1.82) is 0 Å². The summed E-state index contributed by atoms with van der Waals surface area (Å²) in [4.78, 5) is 11.5. The Morgan fingerprint density at radius 1 is 1.47 bits per heavy atom. The van der Waals surface area contributed by atoms with E-state index < -0.39 is 5.82 Å². The van der Waals surface area contributed by atoms with Crippen LogP contribution in [0.5, 0.6) is 5.75 Å². The first-order valence-corrected chi connectivity index (χ1v) is 5.13. The van der Waals surface area contributed by atoms with Gasteiger partial charge < -0.3 is 4.74 Å². The molecule has 0 aromatic heterocycles. The van der Waals surface area contributed by atoms with Crippen LogP contribution in [-0.4, -0.2) is 12.4 Å². The van der Waals surface area contributed by atoms with Crippen molar-refractivity contribution in [1.82, 2.24) is 0 Å². The second kappa shape index (κ2) is 5.12. The van der Waals surface area contributed by atoms with E-state index in [9.17, 15) is 9.18 Å². The van der Waals surface area contributed by atoms with Crippen LogP contribution >= 0.6 is 11.6 Å². The van der Waals surface area contributed by atoms with Gasteiger partial charge >= 0.3 is 0 Å². The Labute approximate surface area is 93.0 Å². The molecule has 0 saturated heterocycles. The van der Waals surface area contributed by atoms with Gasteiger partial charge in [0.15, 0.2) is 5.78 Å². The van der Waals surface area contributed by atoms with Gasteiger partial charge in [-0.15, -0.1) is 0 Å². The monoisotopic (exact) mass is 230 g/mol. The summed E-state index contributed by atoms with van der Waals surface area (Å²) in [7, 11) is 0. The van der Waals surface area contributed by atoms with Crippen LogP contribution in [0, 0.1) is 5.82 Å². The SMILES string of the molecule is CCOc1cc(F)c(Cl)cc1C(=O)CC. The Balaban J connectivity index is 3.21. The number of carbonyl (C=O) groups is 1. The molecule has 1 aromatic rings. The van der Waals surface area contributed by atoms with Crippen molar-refractivity contribution >= 4 is 17.4 Å². The number of Topliss-reactive ketones (excluding diaryl/α,β-unsaturated/α-hetero) is 1. The van der Waals surface area contributed by atoms with E-state index in [0.717, 1.165) is 6.07 Å². The fourth-order valence-corrected chi connectivity index (χ4v) is 1.38. The highest BCUT2D eigenvalue weighted by atomic mass is 35.5. The van der Waals surface area contributed by atoms with E-state index in [1.165, 1.54) is 6.07 Å². The molecule has 0 fully saturated rings. The van der Waals surface area contributed by atoms with Crippen molar-refractivity contribution in [2.45, 2.75) is 20.3 Å². The number of ether oxygens (including phenoxy) is 1. The predicted molar refractivity (Wildman–Crippen MR) is 57.2 cm³/mol. The molecule has 0 N–H and O–H groups in total. The number of carbonyl (C=O) groups excluding carboxylic acids is 1. The van der Waals surface area contributed by atoms with Gasteiger partial charge in [-0.1, -0.05) is 18.5 Å². The number of halogens is 2. The van der Waals surface area contributed by atoms with Gasteiger partial charge in [0.25, 0.3) is 0 Å². The highest BCUT2D eigenvalue weighted by Crippen LogP contribution is 2.27. The Morgan fingerprint density at radius 3 is 2.67 bits per heavy atom. The van der Waals surface area contributed by atoms with Crippen molar-refractivity contribution in [2.24, 2.45) is 0 Å². The van der Waals surface area contributed by atoms with Gasteiger partial charge in [0.1, 0.15) is 11.6 Å². The van der Waals surface area contributed by atoms with Crippen molar-refractivity contribution in [2.75, 3.05) is 6.61 Å². The Morgan fingerprint density at radius 2 is 2.13 bits per heavy atom. The molecule has 82 valence electrons. The highest BCUT2D eigenvalue weighted by Gasteiger charge is 2.14. The molecule has 0 heterocycles. The third-order valence-corrected chi connectivity index (χ3v) is 2.23.